The van der Waals surface area contributed by atoms with E-state index in [1.54, 1.807) is 41.7 Å². The van der Waals surface area contributed by atoms with Gasteiger partial charge in [0.1, 0.15) is 0 Å². The van der Waals surface area contributed by atoms with E-state index in [0.717, 1.165) is 15.6 Å². The average Bonchev–Trinajstić information content (AvgIpc) is 3.25. The lowest BCUT2D eigenvalue weighted by atomic mass is 10.2. The molecule has 0 aliphatic rings. The van der Waals surface area contributed by atoms with Crippen molar-refractivity contribution in [2.24, 2.45) is 0 Å². The Morgan fingerprint density at radius 2 is 2.00 bits per heavy atom. The topological polar surface area (TPSA) is 110 Å². The molecule has 3 rings (SSSR count). The summed E-state index contributed by atoms with van der Waals surface area (Å²) in [5.74, 6) is 0.932. The van der Waals surface area contributed by atoms with Gasteiger partial charge < -0.3 is 14.7 Å². The van der Waals surface area contributed by atoms with Crippen molar-refractivity contribution in [3.05, 3.63) is 39.9 Å². The van der Waals surface area contributed by atoms with Crippen molar-refractivity contribution in [1.29, 1.82) is 0 Å². The fourth-order valence-corrected chi connectivity index (χ4v) is 3.31. The molecule has 0 unspecified atom stereocenters. The van der Waals surface area contributed by atoms with Crippen LogP contribution >= 0.6 is 11.3 Å². The van der Waals surface area contributed by atoms with E-state index in [9.17, 15) is 4.79 Å². The van der Waals surface area contributed by atoms with Gasteiger partial charge in [-0.3, -0.25) is 0 Å². The number of thiazole rings is 1. The van der Waals surface area contributed by atoms with E-state index in [-0.39, 0.29) is 30.3 Å². The third-order valence-corrected chi connectivity index (χ3v) is 4.76. The molecule has 9 nitrogen and oxygen atoms in total. The zero-order chi connectivity index (χ0) is 18.7. The quantitative estimate of drug-likeness (QED) is 0.731. The SMILES string of the molecule is Cc1nc([C@@H](C)N(C)C(=O)NCc2nc(-c3ncccn3)no2)c(C)s1. The summed E-state index contributed by atoms with van der Waals surface area (Å²) in [6, 6.07) is 1.31. The summed E-state index contributed by atoms with van der Waals surface area (Å²) in [5, 5.41) is 7.57. The zero-order valence-electron chi connectivity index (χ0n) is 14.9. The van der Waals surface area contributed by atoms with Gasteiger partial charge >= 0.3 is 6.03 Å². The molecule has 0 aliphatic heterocycles. The highest BCUT2D eigenvalue weighted by Crippen LogP contribution is 2.25. The van der Waals surface area contributed by atoms with Gasteiger partial charge in [0, 0.05) is 24.3 Å². The van der Waals surface area contributed by atoms with Crippen LogP contribution < -0.4 is 5.32 Å². The van der Waals surface area contributed by atoms with Crippen LogP contribution in [0.25, 0.3) is 11.6 Å². The van der Waals surface area contributed by atoms with Crippen LogP contribution in [0.15, 0.2) is 23.0 Å². The van der Waals surface area contributed by atoms with Gasteiger partial charge in [0.15, 0.2) is 0 Å². The first-order chi connectivity index (χ1) is 12.5. The van der Waals surface area contributed by atoms with E-state index in [4.69, 9.17) is 4.52 Å². The average molecular weight is 373 g/mol. The summed E-state index contributed by atoms with van der Waals surface area (Å²) < 4.78 is 5.13. The number of nitrogens with zero attached hydrogens (tertiary/aromatic N) is 6. The molecule has 10 heteroatoms. The third-order valence-electron chi connectivity index (χ3n) is 3.86. The molecule has 2 amide bonds. The van der Waals surface area contributed by atoms with E-state index in [1.165, 1.54) is 0 Å². The second-order valence-electron chi connectivity index (χ2n) is 5.70. The van der Waals surface area contributed by atoms with Crippen molar-refractivity contribution in [2.45, 2.75) is 33.4 Å². The van der Waals surface area contributed by atoms with Crippen LogP contribution in [0, 0.1) is 13.8 Å². The number of hydrogen-bond acceptors (Lipinski definition) is 8. The summed E-state index contributed by atoms with van der Waals surface area (Å²) in [6.45, 7) is 6.02. The molecule has 1 atom stereocenters. The Hall–Kier alpha value is -2.88. The van der Waals surface area contributed by atoms with E-state index >= 15 is 0 Å². The van der Waals surface area contributed by atoms with Gasteiger partial charge in [-0.05, 0) is 26.8 Å². The zero-order valence-corrected chi connectivity index (χ0v) is 15.7. The van der Waals surface area contributed by atoms with Crippen LogP contribution in [0.5, 0.6) is 0 Å². The maximum absolute atomic E-state index is 12.4. The Morgan fingerprint density at radius 3 is 2.65 bits per heavy atom. The summed E-state index contributed by atoms with van der Waals surface area (Å²) in [6.07, 6.45) is 3.19. The van der Waals surface area contributed by atoms with Crippen molar-refractivity contribution in [3.8, 4) is 11.6 Å². The lowest BCUT2D eigenvalue weighted by molar-refractivity contribution is 0.191. The molecule has 0 spiro atoms. The monoisotopic (exact) mass is 373 g/mol. The molecule has 0 fully saturated rings. The van der Waals surface area contributed by atoms with Crippen LogP contribution in [0.4, 0.5) is 4.79 Å². The third kappa shape index (κ3) is 3.85. The van der Waals surface area contributed by atoms with E-state index < -0.39 is 0 Å². The van der Waals surface area contributed by atoms with Crippen LogP contribution in [-0.4, -0.2) is 43.1 Å². The molecule has 0 saturated carbocycles. The minimum Gasteiger partial charge on any atom is -0.337 e. The van der Waals surface area contributed by atoms with Gasteiger partial charge in [-0.25, -0.2) is 19.7 Å². The fourth-order valence-electron chi connectivity index (χ4n) is 2.40. The van der Waals surface area contributed by atoms with Crippen molar-refractivity contribution in [1.82, 2.24) is 35.3 Å². The van der Waals surface area contributed by atoms with Crippen LogP contribution in [0.1, 0.15) is 34.4 Å². The number of aryl methyl sites for hydroxylation is 2. The number of urea groups is 1. The lowest BCUT2D eigenvalue weighted by Gasteiger charge is -2.24. The Labute approximate surface area is 154 Å². The molecule has 3 heterocycles. The maximum Gasteiger partial charge on any atom is 0.318 e. The Morgan fingerprint density at radius 1 is 1.27 bits per heavy atom. The predicted octanol–water partition coefficient (Wildman–Crippen LogP) is 2.50. The molecule has 0 saturated heterocycles. The molecule has 136 valence electrons. The summed E-state index contributed by atoms with van der Waals surface area (Å²) in [5.41, 5.74) is 0.909. The molecule has 0 aromatic carbocycles. The highest BCUT2D eigenvalue weighted by Gasteiger charge is 2.22. The summed E-state index contributed by atoms with van der Waals surface area (Å²) in [4.78, 5) is 31.9. The minimum atomic E-state index is -0.252. The van der Waals surface area contributed by atoms with Gasteiger partial charge in [-0.2, -0.15) is 4.98 Å². The largest absolute Gasteiger partial charge is 0.337 e. The van der Waals surface area contributed by atoms with E-state index in [2.05, 4.69) is 30.4 Å². The minimum absolute atomic E-state index is 0.116. The van der Waals surface area contributed by atoms with E-state index in [0.29, 0.717) is 5.82 Å². The lowest BCUT2D eigenvalue weighted by Crippen LogP contribution is -2.38. The predicted molar refractivity (Wildman–Crippen MR) is 95.3 cm³/mol. The smallest absolute Gasteiger partial charge is 0.318 e. The van der Waals surface area contributed by atoms with Gasteiger partial charge in [0.05, 0.1) is 23.3 Å². The van der Waals surface area contributed by atoms with Crippen LogP contribution in [0.3, 0.4) is 0 Å². The molecule has 0 radical (unpaired) electrons. The first-order valence-corrected chi connectivity index (χ1v) is 8.82. The van der Waals surface area contributed by atoms with Crippen molar-refractivity contribution in [2.75, 3.05) is 7.05 Å². The highest BCUT2D eigenvalue weighted by molar-refractivity contribution is 7.11. The standard InChI is InChI=1S/C16H19N7O2S/c1-9(13-10(2)26-11(3)20-13)23(4)16(24)19-8-12-21-15(22-25-12)14-17-6-5-7-18-14/h5-7,9H,8H2,1-4H3,(H,19,24)/t9-/m1/s1. The van der Waals surface area contributed by atoms with Crippen LogP contribution in [0.2, 0.25) is 0 Å². The number of amides is 2. The molecule has 26 heavy (non-hydrogen) atoms. The first-order valence-electron chi connectivity index (χ1n) is 8.00. The summed E-state index contributed by atoms with van der Waals surface area (Å²) >= 11 is 1.62. The molecular formula is C16H19N7O2S. The molecule has 1 N–H and O–H groups in total. The number of carbonyl (C=O) groups excluding carboxylic acids is 1. The summed E-state index contributed by atoms with van der Waals surface area (Å²) in [7, 11) is 1.73. The van der Waals surface area contributed by atoms with Gasteiger partial charge in [0.2, 0.25) is 17.5 Å². The second kappa shape index (κ2) is 7.56. The Kier molecular flexibility index (Phi) is 5.21. The first kappa shape index (κ1) is 17.9. The fraction of sp³-hybridized carbons (Fsp3) is 0.375. The van der Waals surface area contributed by atoms with Crippen LogP contribution in [-0.2, 0) is 6.54 Å². The Balaban J connectivity index is 1.60. The molecular weight excluding hydrogens is 354 g/mol. The molecule has 0 aliphatic carbocycles. The highest BCUT2D eigenvalue weighted by atomic mass is 32.1. The van der Waals surface area contributed by atoms with Crippen molar-refractivity contribution >= 4 is 17.4 Å². The molecule has 3 aromatic rings. The molecule has 3 aromatic heterocycles. The second-order valence-corrected chi connectivity index (χ2v) is 7.11. The van der Waals surface area contributed by atoms with Crippen molar-refractivity contribution in [3.63, 3.8) is 0 Å². The number of rotatable bonds is 5. The number of aromatic nitrogens is 5. The van der Waals surface area contributed by atoms with Gasteiger partial charge in [0.25, 0.3) is 0 Å². The van der Waals surface area contributed by atoms with E-state index in [1.807, 2.05) is 20.8 Å². The number of nitrogens with one attached hydrogen (secondary N) is 1. The van der Waals surface area contributed by atoms with Gasteiger partial charge in [-0.1, -0.05) is 5.16 Å². The van der Waals surface area contributed by atoms with Gasteiger partial charge in [-0.15, -0.1) is 11.3 Å². The maximum atomic E-state index is 12.4. The number of hydrogen-bond donors (Lipinski definition) is 1. The molecule has 0 bridgehead atoms. The van der Waals surface area contributed by atoms with Crippen molar-refractivity contribution < 1.29 is 9.32 Å². The normalized spacial score (nSPS) is 12.0. The number of carbonyl (C=O) groups is 1. The Bertz CT molecular complexity index is 893.